The van der Waals surface area contributed by atoms with Crippen LogP contribution in [0.15, 0.2) is 48.5 Å². The quantitative estimate of drug-likeness (QED) is 0.841. The van der Waals surface area contributed by atoms with E-state index in [9.17, 15) is 9.90 Å². The first-order valence-corrected chi connectivity index (χ1v) is 7.49. The lowest BCUT2D eigenvalue weighted by molar-refractivity contribution is -0.146. The Morgan fingerprint density at radius 2 is 1.74 bits per heavy atom. The molecule has 4 heteroatoms. The van der Waals surface area contributed by atoms with Gasteiger partial charge in [0.2, 0.25) is 0 Å². The number of ether oxygens (including phenoxy) is 2. The molecule has 0 saturated heterocycles. The first-order valence-electron chi connectivity index (χ1n) is 7.49. The topological polar surface area (TPSA) is 55.8 Å². The maximum Gasteiger partial charge on any atom is 0.309 e. The van der Waals surface area contributed by atoms with Crippen LogP contribution in [-0.4, -0.2) is 18.2 Å². The van der Waals surface area contributed by atoms with Crippen LogP contribution in [0.25, 0.3) is 0 Å². The van der Waals surface area contributed by atoms with E-state index in [4.69, 9.17) is 9.47 Å². The zero-order chi connectivity index (χ0) is 16.9. The van der Waals surface area contributed by atoms with E-state index >= 15 is 0 Å². The fraction of sp³-hybridized carbons (Fsp3) is 0.316. The van der Waals surface area contributed by atoms with E-state index in [1.165, 1.54) is 0 Å². The van der Waals surface area contributed by atoms with Gasteiger partial charge in [-0.25, -0.2) is 0 Å². The van der Waals surface area contributed by atoms with Crippen molar-refractivity contribution in [2.45, 2.75) is 26.9 Å². The first-order chi connectivity index (χ1) is 10.9. The third-order valence-corrected chi connectivity index (χ3v) is 3.69. The van der Waals surface area contributed by atoms with Gasteiger partial charge >= 0.3 is 5.97 Å². The highest BCUT2D eigenvalue weighted by Crippen LogP contribution is 2.31. The molecule has 0 atom stereocenters. The molecule has 0 heterocycles. The molecule has 0 radical (unpaired) electrons. The molecule has 0 fully saturated rings. The van der Waals surface area contributed by atoms with Gasteiger partial charge in [0.05, 0.1) is 12.5 Å². The van der Waals surface area contributed by atoms with Crippen LogP contribution in [0.3, 0.4) is 0 Å². The Morgan fingerprint density at radius 3 is 2.35 bits per heavy atom. The van der Waals surface area contributed by atoms with Crippen molar-refractivity contribution in [3.8, 4) is 11.5 Å². The lowest BCUT2D eigenvalue weighted by Crippen LogP contribution is -2.26. The predicted octanol–water partition coefficient (Wildman–Crippen LogP) is 3.93. The number of carboxylic acid groups (broad SMARTS) is 1. The number of carbonyl (C=O) groups is 1. The number of hydrogen-bond donors (Lipinski definition) is 1. The average molecular weight is 314 g/mol. The van der Waals surface area contributed by atoms with Crippen LogP contribution in [0.5, 0.6) is 11.5 Å². The minimum atomic E-state index is -0.822. The molecule has 2 aromatic rings. The second kappa shape index (κ2) is 7.18. The molecule has 0 aromatic heterocycles. The van der Waals surface area contributed by atoms with Gasteiger partial charge in [-0.05, 0) is 43.5 Å². The molecule has 0 saturated carbocycles. The molecule has 0 spiro atoms. The highest BCUT2D eigenvalue weighted by molar-refractivity contribution is 5.74. The minimum Gasteiger partial charge on any atom is -0.493 e. The molecule has 0 aliphatic rings. The summed E-state index contributed by atoms with van der Waals surface area (Å²) in [6.45, 7) is 3.88. The molecule has 0 aliphatic carbocycles. The van der Waals surface area contributed by atoms with E-state index in [-0.39, 0.29) is 0 Å². The van der Waals surface area contributed by atoms with Crippen LogP contribution in [0.4, 0.5) is 0 Å². The fourth-order valence-corrected chi connectivity index (χ4v) is 2.26. The van der Waals surface area contributed by atoms with Gasteiger partial charge in [-0.1, -0.05) is 36.4 Å². The average Bonchev–Trinajstić information content (AvgIpc) is 2.54. The van der Waals surface area contributed by atoms with Gasteiger partial charge in [0.15, 0.2) is 11.5 Å². The lowest BCUT2D eigenvalue weighted by Gasteiger charge is -2.20. The SMILES string of the molecule is COc1cc(CC(C)(C)C(=O)O)ccc1OCc1ccccc1. The summed E-state index contributed by atoms with van der Waals surface area (Å²) in [5.74, 6) is 0.439. The minimum absolute atomic E-state index is 0.428. The molecule has 0 unspecified atom stereocenters. The normalized spacial score (nSPS) is 11.1. The third-order valence-electron chi connectivity index (χ3n) is 3.69. The van der Waals surface area contributed by atoms with Crippen molar-refractivity contribution in [1.29, 1.82) is 0 Å². The Balaban J connectivity index is 2.12. The van der Waals surface area contributed by atoms with Crippen LogP contribution in [0.2, 0.25) is 0 Å². The Labute approximate surface area is 136 Å². The summed E-state index contributed by atoms with van der Waals surface area (Å²) in [6, 6.07) is 15.4. The molecule has 2 aromatic carbocycles. The predicted molar refractivity (Wildman–Crippen MR) is 88.9 cm³/mol. The van der Waals surface area contributed by atoms with Crippen LogP contribution in [0.1, 0.15) is 25.0 Å². The summed E-state index contributed by atoms with van der Waals surface area (Å²) in [5.41, 5.74) is 1.16. The van der Waals surface area contributed by atoms with Gasteiger partial charge in [0.1, 0.15) is 6.61 Å². The zero-order valence-corrected chi connectivity index (χ0v) is 13.7. The Kier molecular flexibility index (Phi) is 5.27. The van der Waals surface area contributed by atoms with Crippen LogP contribution >= 0.6 is 0 Å². The Bertz CT molecular complexity index is 662. The maximum absolute atomic E-state index is 11.3. The van der Waals surface area contributed by atoms with E-state index in [1.54, 1.807) is 21.0 Å². The lowest BCUT2D eigenvalue weighted by atomic mass is 9.86. The number of hydrogen-bond acceptors (Lipinski definition) is 3. The van der Waals surface area contributed by atoms with Crippen molar-refractivity contribution in [3.63, 3.8) is 0 Å². The standard InChI is InChI=1S/C19H22O4/c1-19(2,18(20)21)12-15-9-10-16(17(11-15)22-3)23-13-14-7-5-4-6-8-14/h4-11H,12-13H2,1-3H3,(H,20,21). The van der Waals surface area contributed by atoms with Gasteiger partial charge in [-0.2, -0.15) is 0 Å². The van der Waals surface area contributed by atoms with Gasteiger partial charge < -0.3 is 14.6 Å². The number of rotatable bonds is 7. The van der Waals surface area contributed by atoms with E-state index in [0.29, 0.717) is 24.5 Å². The molecule has 23 heavy (non-hydrogen) atoms. The largest absolute Gasteiger partial charge is 0.493 e. The summed E-state index contributed by atoms with van der Waals surface area (Å²) >= 11 is 0. The summed E-state index contributed by atoms with van der Waals surface area (Å²) in [4.78, 5) is 11.3. The van der Waals surface area contributed by atoms with Gasteiger partial charge in [0, 0.05) is 0 Å². The van der Waals surface area contributed by atoms with Gasteiger partial charge in [-0.3, -0.25) is 4.79 Å². The van der Waals surface area contributed by atoms with Gasteiger partial charge in [-0.15, -0.1) is 0 Å². The fourth-order valence-electron chi connectivity index (χ4n) is 2.26. The Hall–Kier alpha value is -2.49. The summed E-state index contributed by atoms with van der Waals surface area (Å²) < 4.78 is 11.2. The van der Waals surface area contributed by atoms with Crippen molar-refractivity contribution >= 4 is 5.97 Å². The zero-order valence-electron chi connectivity index (χ0n) is 13.7. The number of carboxylic acids is 1. The molecule has 122 valence electrons. The molecule has 0 bridgehead atoms. The second-order valence-corrected chi connectivity index (χ2v) is 6.13. The summed E-state index contributed by atoms with van der Waals surface area (Å²) in [7, 11) is 1.58. The smallest absolute Gasteiger partial charge is 0.309 e. The Morgan fingerprint density at radius 1 is 1.04 bits per heavy atom. The monoisotopic (exact) mass is 314 g/mol. The first kappa shape index (κ1) is 16.9. The van der Waals surface area contributed by atoms with E-state index in [0.717, 1.165) is 11.1 Å². The van der Waals surface area contributed by atoms with Crippen molar-refractivity contribution in [2.75, 3.05) is 7.11 Å². The van der Waals surface area contributed by atoms with Crippen molar-refractivity contribution in [3.05, 3.63) is 59.7 Å². The number of benzene rings is 2. The molecule has 2 rings (SSSR count). The molecule has 0 amide bonds. The molecular formula is C19H22O4. The molecule has 1 N–H and O–H groups in total. The van der Waals surface area contributed by atoms with E-state index < -0.39 is 11.4 Å². The highest BCUT2D eigenvalue weighted by Gasteiger charge is 2.27. The van der Waals surface area contributed by atoms with Crippen LogP contribution in [-0.2, 0) is 17.8 Å². The van der Waals surface area contributed by atoms with Gasteiger partial charge in [0.25, 0.3) is 0 Å². The summed E-state index contributed by atoms with van der Waals surface area (Å²) in [6.07, 6.45) is 0.428. The van der Waals surface area contributed by atoms with E-state index in [1.807, 2.05) is 48.5 Å². The van der Waals surface area contributed by atoms with Crippen LogP contribution < -0.4 is 9.47 Å². The van der Waals surface area contributed by atoms with Crippen molar-refractivity contribution in [2.24, 2.45) is 5.41 Å². The molecule has 0 aliphatic heterocycles. The van der Waals surface area contributed by atoms with Crippen molar-refractivity contribution < 1.29 is 19.4 Å². The molecular weight excluding hydrogens is 292 g/mol. The second-order valence-electron chi connectivity index (χ2n) is 6.13. The third kappa shape index (κ3) is 4.49. The highest BCUT2D eigenvalue weighted by atomic mass is 16.5. The van der Waals surface area contributed by atoms with Crippen LogP contribution in [0, 0.1) is 5.41 Å². The molecule has 4 nitrogen and oxygen atoms in total. The summed E-state index contributed by atoms with van der Waals surface area (Å²) in [5, 5.41) is 9.24. The maximum atomic E-state index is 11.3. The van der Waals surface area contributed by atoms with Crippen molar-refractivity contribution in [1.82, 2.24) is 0 Å². The van der Waals surface area contributed by atoms with E-state index in [2.05, 4.69) is 0 Å². The number of aliphatic carboxylic acids is 1. The number of methoxy groups -OCH3 is 1.